The predicted molar refractivity (Wildman–Crippen MR) is 107 cm³/mol. The van der Waals surface area contributed by atoms with Crippen molar-refractivity contribution < 1.29 is 9.53 Å². The Labute approximate surface area is 157 Å². The molecule has 7 nitrogen and oxygen atoms in total. The molecule has 140 valence electrons. The van der Waals surface area contributed by atoms with E-state index < -0.39 is 0 Å². The number of para-hydroxylation sites is 1. The molecule has 1 fully saturated rings. The van der Waals surface area contributed by atoms with Crippen molar-refractivity contribution in [2.24, 2.45) is 0 Å². The van der Waals surface area contributed by atoms with E-state index in [1.807, 2.05) is 48.5 Å². The molecule has 0 bridgehead atoms. The Morgan fingerprint density at radius 2 is 1.78 bits per heavy atom. The third kappa shape index (κ3) is 3.88. The zero-order chi connectivity index (χ0) is 18.8. The Morgan fingerprint density at radius 3 is 2.52 bits per heavy atom. The van der Waals surface area contributed by atoms with E-state index in [4.69, 9.17) is 4.74 Å². The van der Waals surface area contributed by atoms with Crippen molar-refractivity contribution in [3.05, 3.63) is 48.5 Å². The fourth-order valence-corrected chi connectivity index (χ4v) is 3.47. The van der Waals surface area contributed by atoms with Crippen LogP contribution in [0.3, 0.4) is 0 Å². The molecule has 2 heterocycles. The number of rotatable bonds is 3. The molecule has 1 aliphatic rings. The number of H-pyrrole nitrogens is 1. The summed E-state index contributed by atoms with van der Waals surface area (Å²) in [5.74, 6) is 0.510. The molecule has 0 saturated carbocycles. The predicted octanol–water partition coefficient (Wildman–Crippen LogP) is 3.82. The second-order valence-electron chi connectivity index (χ2n) is 6.91. The lowest BCUT2D eigenvalue weighted by molar-refractivity contribution is -0.00521. The summed E-state index contributed by atoms with van der Waals surface area (Å²) < 4.78 is 5.78. The first kappa shape index (κ1) is 17.4. The van der Waals surface area contributed by atoms with Gasteiger partial charge in [-0.15, -0.1) is 0 Å². The lowest BCUT2D eigenvalue weighted by atomic mass is 10.2. The summed E-state index contributed by atoms with van der Waals surface area (Å²) in [6, 6.07) is 15.2. The topological polar surface area (TPSA) is 82.3 Å². The minimum atomic E-state index is -0.325. The third-order valence-electron chi connectivity index (χ3n) is 4.61. The number of ether oxygens (including phenoxy) is 1. The van der Waals surface area contributed by atoms with Crippen molar-refractivity contribution in [1.29, 1.82) is 0 Å². The van der Waals surface area contributed by atoms with E-state index in [1.165, 1.54) is 0 Å². The van der Waals surface area contributed by atoms with Gasteiger partial charge in [-0.05, 0) is 50.2 Å². The SMILES string of the molecule is C[C@@H]1CN(c2ccc(NC(=O)Nc3n[nH]c4ccccc34)cc2)C[C@H](C)O1. The highest BCUT2D eigenvalue weighted by molar-refractivity contribution is 6.04. The number of nitrogens with one attached hydrogen (secondary N) is 3. The maximum atomic E-state index is 12.3. The number of carbonyl (C=O) groups excluding carboxylic acids is 1. The fraction of sp³-hybridized carbons (Fsp3) is 0.300. The van der Waals surface area contributed by atoms with Gasteiger partial charge in [0.2, 0.25) is 0 Å². The number of anilines is 3. The first-order valence-electron chi connectivity index (χ1n) is 9.10. The smallest absolute Gasteiger partial charge is 0.324 e. The lowest BCUT2D eigenvalue weighted by Gasteiger charge is -2.36. The van der Waals surface area contributed by atoms with Crippen molar-refractivity contribution in [3.8, 4) is 0 Å². The Balaban J connectivity index is 1.40. The van der Waals surface area contributed by atoms with E-state index in [1.54, 1.807) is 0 Å². The number of benzene rings is 2. The molecule has 0 spiro atoms. The molecular formula is C20H23N5O2. The normalized spacial score (nSPS) is 19.9. The summed E-state index contributed by atoms with van der Waals surface area (Å²) in [6.45, 7) is 5.90. The van der Waals surface area contributed by atoms with Crippen LogP contribution in [-0.4, -0.2) is 41.5 Å². The van der Waals surface area contributed by atoms with Crippen LogP contribution >= 0.6 is 0 Å². The zero-order valence-corrected chi connectivity index (χ0v) is 15.4. The van der Waals surface area contributed by atoms with E-state index in [2.05, 4.69) is 39.6 Å². The quantitative estimate of drug-likeness (QED) is 0.659. The highest BCUT2D eigenvalue weighted by atomic mass is 16.5. The van der Waals surface area contributed by atoms with Crippen molar-refractivity contribution in [2.45, 2.75) is 26.1 Å². The number of urea groups is 1. The van der Waals surface area contributed by atoms with Gasteiger partial charge in [-0.3, -0.25) is 10.4 Å². The van der Waals surface area contributed by atoms with Gasteiger partial charge in [0, 0.05) is 29.9 Å². The maximum Gasteiger partial charge on any atom is 0.324 e. The van der Waals surface area contributed by atoms with E-state index >= 15 is 0 Å². The number of fused-ring (bicyclic) bond motifs is 1. The molecule has 2 amide bonds. The first-order valence-corrected chi connectivity index (χ1v) is 9.10. The Kier molecular flexibility index (Phi) is 4.68. The average molecular weight is 365 g/mol. The lowest BCUT2D eigenvalue weighted by Crippen LogP contribution is -2.45. The van der Waals surface area contributed by atoms with E-state index in [0.717, 1.165) is 35.4 Å². The largest absolute Gasteiger partial charge is 0.372 e. The van der Waals surface area contributed by atoms with Crippen LogP contribution in [0.1, 0.15) is 13.8 Å². The van der Waals surface area contributed by atoms with Gasteiger partial charge >= 0.3 is 6.03 Å². The number of hydrogen-bond donors (Lipinski definition) is 3. The van der Waals surface area contributed by atoms with Gasteiger partial charge in [0.25, 0.3) is 0 Å². The number of hydrogen-bond acceptors (Lipinski definition) is 4. The number of aromatic amines is 1. The Morgan fingerprint density at radius 1 is 1.07 bits per heavy atom. The Hall–Kier alpha value is -3.06. The molecule has 0 radical (unpaired) electrons. The van der Waals surface area contributed by atoms with Crippen molar-refractivity contribution in [3.63, 3.8) is 0 Å². The van der Waals surface area contributed by atoms with Gasteiger partial charge < -0.3 is 15.0 Å². The molecular weight excluding hydrogens is 342 g/mol. The van der Waals surface area contributed by atoms with Crippen LogP contribution in [0.2, 0.25) is 0 Å². The minimum absolute atomic E-state index is 0.209. The van der Waals surface area contributed by atoms with Crippen LogP contribution in [0.4, 0.5) is 22.0 Å². The number of nitrogens with zero attached hydrogens (tertiary/aromatic N) is 2. The van der Waals surface area contributed by atoms with Crippen LogP contribution in [0.25, 0.3) is 10.9 Å². The molecule has 1 aromatic heterocycles. The van der Waals surface area contributed by atoms with Crippen molar-refractivity contribution >= 4 is 34.1 Å². The van der Waals surface area contributed by atoms with Crippen molar-refractivity contribution in [2.75, 3.05) is 28.6 Å². The number of carbonyl (C=O) groups is 1. The third-order valence-corrected chi connectivity index (χ3v) is 4.61. The second-order valence-corrected chi connectivity index (χ2v) is 6.91. The van der Waals surface area contributed by atoms with E-state index in [-0.39, 0.29) is 18.2 Å². The van der Waals surface area contributed by atoms with Gasteiger partial charge in [0.05, 0.1) is 17.7 Å². The molecule has 4 rings (SSSR count). The Bertz CT molecular complexity index is 927. The first-order chi connectivity index (χ1) is 13.1. The van der Waals surface area contributed by atoms with Crippen LogP contribution in [0.5, 0.6) is 0 Å². The average Bonchev–Trinajstić information content (AvgIpc) is 3.04. The van der Waals surface area contributed by atoms with Crippen LogP contribution < -0.4 is 15.5 Å². The van der Waals surface area contributed by atoms with Gasteiger partial charge in [-0.2, -0.15) is 5.10 Å². The van der Waals surface area contributed by atoms with Crippen molar-refractivity contribution in [1.82, 2.24) is 10.2 Å². The van der Waals surface area contributed by atoms with Gasteiger partial charge in [0.15, 0.2) is 5.82 Å². The highest BCUT2D eigenvalue weighted by Crippen LogP contribution is 2.23. The summed E-state index contributed by atoms with van der Waals surface area (Å²) in [7, 11) is 0. The molecule has 0 unspecified atom stereocenters. The summed E-state index contributed by atoms with van der Waals surface area (Å²) in [5, 5.41) is 13.6. The van der Waals surface area contributed by atoms with Crippen LogP contribution in [0.15, 0.2) is 48.5 Å². The molecule has 2 aromatic carbocycles. The second kappa shape index (κ2) is 7.28. The monoisotopic (exact) mass is 365 g/mol. The number of morpholine rings is 1. The molecule has 27 heavy (non-hydrogen) atoms. The van der Waals surface area contributed by atoms with Gasteiger partial charge in [0.1, 0.15) is 0 Å². The summed E-state index contributed by atoms with van der Waals surface area (Å²) in [5.41, 5.74) is 2.73. The van der Waals surface area contributed by atoms with Crippen LogP contribution in [0, 0.1) is 0 Å². The number of aromatic nitrogens is 2. The van der Waals surface area contributed by atoms with Gasteiger partial charge in [-0.1, -0.05) is 12.1 Å². The molecule has 1 saturated heterocycles. The highest BCUT2D eigenvalue weighted by Gasteiger charge is 2.22. The molecule has 1 aliphatic heterocycles. The summed E-state index contributed by atoms with van der Waals surface area (Å²) in [6.07, 6.45) is 0.419. The maximum absolute atomic E-state index is 12.3. The minimum Gasteiger partial charge on any atom is -0.372 e. The van der Waals surface area contributed by atoms with E-state index in [9.17, 15) is 4.79 Å². The van der Waals surface area contributed by atoms with Crippen LogP contribution in [-0.2, 0) is 4.74 Å². The molecule has 0 aliphatic carbocycles. The molecule has 2 atom stereocenters. The zero-order valence-electron chi connectivity index (χ0n) is 15.4. The summed E-state index contributed by atoms with van der Waals surface area (Å²) in [4.78, 5) is 14.6. The number of amides is 2. The molecule has 7 heteroatoms. The summed E-state index contributed by atoms with van der Waals surface area (Å²) >= 11 is 0. The molecule has 3 aromatic rings. The molecule has 3 N–H and O–H groups in total. The standard InChI is InChI=1S/C20H23N5O2/c1-13-11-25(12-14(2)27-13)16-9-7-15(8-10-16)21-20(26)22-19-17-5-3-4-6-18(17)23-24-19/h3-10,13-14H,11-12H2,1-2H3,(H3,21,22,23,24,26)/t13-,14+. The van der Waals surface area contributed by atoms with Gasteiger partial charge in [-0.25, -0.2) is 4.79 Å². The van der Waals surface area contributed by atoms with E-state index in [0.29, 0.717) is 5.82 Å². The fourth-order valence-electron chi connectivity index (χ4n) is 3.47.